The molecule has 0 aromatic heterocycles. The Morgan fingerprint density at radius 3 is 2.04 bits per heavy atom. The zero-order chi connectivity index (χ0) is 32.1. The Balaban J connectivity index is 1.23. The second-order valence-corrected chi connectivity index (χ2v) is 11.8. The third kappa shape index (κ3) is 5.07. The van der Waals surface area contributed by atoms with Crippen LogP contribution in [0.5, 0.6) is 40.2 Å². The Kier molecular flexibility index (Phi) is 7.50. The van der Waals surface area contributed by atoms with Crippen LogP contribution in [0.2, 0.25) is 0 Å². The van der Waals surface area contributed by atoms with E-state index in [-0.39, 0.29) is 30.5 Å². The molecule has 9 nitrogen and oxygen atoms in total. The largest absolute Gasteiger partial charge is 0.508 e. The van der Waals surface area contributed by atoms with E-state index in [2.05, 4.69) is 0 Å². The average molecular weight is 623 g/mol. The average Bonchev–Trinajstić information content (AvgIpc) is 3.05. The van der Waals surface area contributed by atoms with Gasteiger partial charge in [0.15, 0.2) is 0 Å². The van der Waals surface area contributed by atoms with Gasteiger partial charge in [0, 0.05) is 45.7 Å². The number of phenolic OH excluding ortho intramolecular Hbond substituents is 3. The maximum atomic E-state index is 11.8. The van der Waals surface area contributed by atoms with Gasteiger partial charge < -0.3 is 44.5 Å². The van der Waals surface area contributed by atoms with E-state index in [0.717, 1.165) is 22.3 Å². The minimum Gasteiger partial charge on any atom is -0.508 e. The number of fused-ring (bicyclic) bond motifs is 4. The van der Waals surface area contributed by atoms with E-state index in [1.165, 1.54) is 7.11 Å². The smallest absolute Gasteiger partial charge is 0.133 e. The molecule has 5 aromatic carbocycles. The van der Waals surface area contributed by atoms with Crippen LogP contribution in [0.3, 0.4) is 0 Å². The second-order valence-electron chi connectivity index (χ2n) is 11.8. The van der Waals surface area contributed by atoms with Crippen LogP contribution in [0, 0.1) is 11.8 Å². The molecular formula is C37H34O9. The van der Waals surface area contributed by atoms with E-state index in [1.54, 1.807) is 73.8 Å². The lowest BCUT2D eigenvalue weighted by Gasteiger charge is -2.41. The van der Waals surface area contributed by atoms with Gasteiger partial charge in [-0.15, -0.1) is 0 Å². The molecule has 46 heavy (non-hydrogen) atoms. The van der Waals surface area contributed by atoms with Gasteiger partial charge in [-0.05, 0) is 77.4 Å². The lowest BCUT2D eigenvalue weighted by Crippen LogP contribution is -2.40. The van der Waals surface area contributed by atoms with Crippen LogP contribution in [-0.2, 0) is 6.42 Å². The molecule has 0 unspecified atom stereocenters. The Hall–Kier alpha value is -5.12. The number of aliphatic hydroxyl groups excluding tert-OH is 2. The second kappa shape index (κ2) is 11.7. The van der Waals surface area contributed by atoms with E-state index >= 15 is 0 Å². The number of ether oxygens (including phenoxy) is 4. The van der Waals surface area contributed by atoms with Crippen molar-refractivity contribution in [1.82, 2.24) is 0 Å². The number of hydrogen-bond acceptors (Lipinski definition) is 9. The molecule has 0 bridgehead atoms. The predicted octanol–water partition coefficient (Wildman–Crippen LogP) is 6.02. The summed E-state index contributed by atoms with van der Waals surface area (Å²) in [5.41, 5.74) is 4.25. The number of aliphatic hydroxyl groups is 2. The third-order valence-electron chi connectivity index (χ3n) is 9.15. The number of hydrogen-bond donors (Lipinski definition) is 5. The number of benzene rings is 5. The van der Waals surface area contributed by atoms with Crippen molar-refractivity contribution < 1.29 is 44.5 Å². The number of methoxy groups -OCH3 is 2. The summed E-state index contributed by atoms with van der Waals surface area (Å²) in [4.78, 5) is 0. The zero-order valence-corrected chi connectivity index (χ0v) is 25.3. The molecule has 2 aliphatic rings. The topological polar surface area (TPSA) is 138 Å². The highest BCUT2D eigenvalue weighted by Crippen LogP contribution is 2.51. The van der Waals surface area contributed by atoms with Crippen molar-refractivity contribution in [2.45, 2.75) is 18.6 Å². The van der Waals surface area contributed by atoms with Gasteiger partial charge in [0.2, 0.25) is 0 Å². The van der Waals surface area contributed by atoms with E-state index < -0.39 is 24.0 Å². The molecule has 4 atom stereocenters. The standard InChI is InChI=1S/C37H34O9/c1-43-25-13-21(10-20-12-23(39)6-8-26(20)19-4-3-5-22(38)11-19)36-29(15-25)34(41)31(17-45-36)32-18-46-37-27-9-7-24(40)14-28(27)33(44-2)16-30(37)35(32)42/h3-9,11-16,31-32,34-35,38-42H,10,17-18H2,1-2H3/t31-,32+,34-,35+/m1/s1. The van der Waals surface area contributed by atoms with Crippen molar-refractivity contribution >= 4 is 10.8 Å². The van der Waals surface area contributed by atoms with Crippen molar-refractivity contribution in [2.75, 3.05) is 27.4 Å². The SMILES string of the molecule is COc1cc(Cc2cc(O)ccc2-c2cccc(O)c2)c2c(c1)[C@@H](O)[C@@H]([C@@H]1COc3c(cc(OC)c4cc(O)ccc34)[C@@H]1O)CO2. The van der Waals surface area contributed by atoms with Crippen LogP contribution in [0.25, 0.3) is 21.9 Å². The summed E-state index contributed by atoms with van der Waals surface area (Å²) in [5, 5.41) is 55.4. The minimum atomic E-state index is -1.00. The first-order valence-electron chi connectivity index (χ1n) is 15.0. The molecular weight excluding hydrogens is 588 g/mol. The molecule has 0 aliphatic carbocycles. The fraction of sp³-hybridized carbons (Fsp3) is 0.243. The minimum absolute atomic E-state index is 0.0931. The molecule has 2 heterocycles. The molecule has 5 N–H and O–H groups in total. The first-order valence-corrected chi connectivity index (χ1v) is 15.0. The molecule has 5 aromatic rings. The van der Waals surface area contributed by atoms with E-state index in [0.29, 0.717) is 51.3 Å². The summed E-state index contributed by atoms with van der Waals surface area (Å²) in [5.74, 6) is 1.37. The van der Waals surface area contributed by atoms with Crippen molar-refractivity contribution in [3.63, 3.8) is 0 Å². The Morgan fingerprint density at radius 2 is 1.33 bits per heavy atom. The van der Waals surface area contributed by atoms with Crippen LogP contribution in [0.1, 0.15) is 34.5 Å². The summed E-state index contributed by atoms with van der Waals surface area (Å²) in [6, 6.07) is 22.2. The summed E-state index contributed by atoms with van der Waals surface area (Å²) >= 11 is 0. The van der Waals surface area contributed by atoms with E-state index in [9.17, 15) is 25.5 Å². The summed E-state index contributed by atoms with van der Waals surface area (Å²) in [7, 11) is 3.08. The molecule has 2 aliphatic heterocycles. The lowest BCUT2D eigenvalue weighted by atomic mass is 9.76. The van der Waals surface area contributed by atoms with Gasteiger partial charge >= 0.3 is 0 Å². The maximum Gasteiger partial charge on any atom is 0.133 e. The monoisotopic (exact) mass is 622 g/mol. The molecule has 0 radical (unpaired) electrons. The molecule has 0 saturated carbocycles. The predicted molar refractivity (Wildman–Crippen MR) is 171 cm³/mol. The van der Waals surface area contributed by atoms with Gasteiger partial charge in [0.05, 0.1) is 39.6 Å². The highest BCUT2D eigenvalue weighted by atomic mass is 16.5. The molecule has 0 amide bonds. The van der Waals surface area contributed by atoms with Crippen molar-refractivity contribution in [2.24, 2.45) is 11.8 Å². The van der Waals surface area contributed by atoms with Crippen LogP contribution in [-0.4, -0.2) is 53.0 Å². The fourth-order valence-electron chi connectivity index (χ4n) is 6.86. The number of phenols is 3. The van der Waals surface area contributed by atoms with E-state index in [1.807, 2.05) is 12.1 Å². The van der Waals surface area contributed by atoms with Gasteiger partial charge in [-0.3, -0.25) is 0 Å². The highest BCUT2D eigenvalue weighted by molar-refractivity contribution is 5.95. The third-order valence-corrected chi connectivity index (χ3v) is 9.15. The summed E-state index contributed by atoms with van der Waals surface area (Å²) < 4.78 is 23.8. The molecule has 0 saturated heterocycles. The van der Waals surface area contributed by atoms with Crippen molar-refractivity contribution in [1.29, 1.82) is 0 Å². The summed E-state index contributed by atoms with van der Waals surface area (Å²) in [6.45, 7) is 0.274. The number of rotatable bonds is 6. The van der Waals surface area contributed by atoms with E-state index in [4.69, 9.17) is 18.9 Å². The van der Waals surface area contributed by atoms with Gasteiger partial charge in [0.25, 0.3) is 0 Å². The highest BCUT2D eigenvalue weighted by Gasteiger charge is 2.43. The van der Waals surface area contributed by atoms with Crippen LogP contribution < -0.4 is 18.9 Å². The zero-order valence-electron chi connectivity index (χ0n) is 25.3. The lowest BCUT2D eigenvalue weighted by molar-refractivity contribution is -0.0550. The van der Waals surface area contributed by atoms with Gasteiger partial charge in [0.1, 0.15) is 40.2 Å². The number of aromatic hydroxyl groups is 3. The fourth-order valence-corrected chi connectivity index (χ4v) is 6.86. The maximum absolute atomic E-state index is 11.8. The molecule has 9 heteroatoms. The van der Waals surface area contributed by atoms with Gasteiger partial charge in [-0.1, -0.05) is 18.2 Å². The quantitative estimate of drug-likeness (QED) is 0.154. The normalized spacial score (nSPS) is 20.3. The van der Waals surface area contributed by atoms with Crippen molar-refractivity contribution in [3.05, 3.63) is 101 Å². The van der Waals surface area contributed by atoms with Crippen LogP contribution in [0.4, 0.5) is 0 Å². The van der Waals surface area contributed by atoms with Crippen LogP contribution >= 0.6 is 0 Å². The first-order chi connectivity index (χ1) is 22.2. The molecule has 0 fully saturated rings. The van der Waals surface area contributed by atoms with Gasteiger partial charge in [-0.25, -0.2) is 0 Å². The van der Waals surface area contributed by atoms with Crippen LogP contribution in [0.15, 0.2) is 78.9 Å². The molecule has 7 rings (SSSR count). The molecule has 0 spiro atoms. The van der Waals surface area contributed by atoms with Crippen molar-refractivity contribution in [3.8, 4) is 51.4 Å². The Labute approximate surface area is 265 Å². The molecule has 236 valence electrons. The van der Waals surface area contributed by atoms with Gasteiger partial charge in [-0.2, -0.15) is 0 Å². The summed E-state index contributed by atoms with van der Waals surface area (Å²) in [6.07, 6.45) is -1.64. The Morgan fingerprint density at radius 1 is 0.652 bits per heavy atom. The Bertz CT molecular complexity index is 1950. The first kappa shape index (κ1) is 29.6.